The Hall–Kier alpha value is -0.650. The van der Waals surface area contributed by atoms with Gasteiger partial charge in [-0.3, -0.25) is 0 Å². The van der Waals surface area contributed by atoms with Crippen LogP contribution in [-0.4, -0.2) is 19.7 Å². The van der Waals surface area contributed by atoms with Crippen molar-refractivity contribution in [3.05, 3.63) is 23.9 Å². The highest BCUT2D eigenvalue weighted by molar-refractivity contribution is 7.90. The van der Waals surface area contributed by atoms with E-state index in [0.29, 0.717) is 0 Å². The number of sulfone groups is 1. The Balaban J connectivity index is 0.00000112. The Bertz CT molecular complexity index is 469. The smallest absolute Gasteiger partial charge is 0.192 e. The minimum absolute atomic E-state index is 0. The molecule has 4 nitrogen and oxygen atoms in total. The summed E-state index contributed by atoms with van der Waals surface area (Å²) in [7, 11) is -3.22. The molecular formula is C9H13ClN2O2S. The third kappa shape index (κ3) is 2.48. The van der Waals surface area contributed by atoms with Crippen molar-refractivity contribution in [3.8, 4) is 0 Å². The number of pyridine rings is 1. The maximum absolute atomic E-state index is 11.2. The van der Waals surface area contributed by atoms with Gasteiger partial charge in [-0.2, -0.15) is 0 Å². The van der Waals surface area contributed by atoms with E-state index in [1.54, 1.807) is 12.1 Å². The molecule has 0 aromatic carbocycles. The van der Waals surface area contributed by atoms with Crippen molar-refractivity contribution in [1.29, 1.82) is 0 Å². The molecule has 2 rings (SSSR count). The molecule has 0 atom stereocenters. The fraction of sp³-hybridized carbons (Fsp3) is 0.444. The maximum atomic E-state index is 11.2. The largest absolute Gasteiger partial charge is 0.321 e. The molecule has 1 aliphatic carbocycles. The molecule has 0 aliphatic heterocycles. The van der Waals surface area contributed by atoms with Crippen molar-refractivity contribution in [2.75, 3.05) is 6.26 Å². The molecule has 1 aromatic heterocycles. The molecule has 0 bridgehead atoms. The van der Waals surface area contributed by atoms with Gasteiger partial charge in [0.05, 0.1) is 0 Å². The average Bonchev–Trinajstić information content (AvgIpc) is 2.84. The van der Waals surface area contributed by atoms with E-state index in [9.17, 15) is 8.42 Å². The van der Waals surface area contributed by atoms with Gasteiger partial charge < -0.3 is 5.73 Å². The second-order valence-electron chi connectivity index (χ2n) is 3.81. The van der Waals surface area contributed by atoms with Crippen molar-refractivity contribution in [3.63, 3.8) is 0 Å². The summed E-state index contributed by atoms with van der Waals surface area (Å²) in [5.74, 6) is 0. The van der Waals surface area contributed by atoms with Crippen LogP contribution in [0, 0.1) is 0 Å². The van der Waals surface area contributed by atoms with E-state index in [1.807, 2.05) is 0 Å². The molecular weight excluding hydrogens is 236 g/mol. The first-order chi connectivity index (χ1) is 6.42. The van der Waals surface area contributed by atoms with E-state index < -0.39 is 9.84 Å². The van der Waals surface area contributed by atoms with Crippen molar-refractivity contribution < 1.29 is 8.42 Å². The summed E-state index contributed by atoms with van der Waals surface area (Å²) in [6.45, 7) is 0. The highest BCUT2D eigenvalue weighted by atomic mass is 35.5. The fourth-order valence-electron chi connectivity index (χ4n) is 1.35. The van der Waals surface area contributed by atoms with E-state index in [1.165, 1.54) is 6.20 Å². The van der Waals surface area contributed by atoms with Gasteiger partial charge in [0, 0.05) is 18.0 Å². The van der Waals surface area contributed by atoms with Gasteiger partial charge in [-0.05, 0) is 30.5 Å². The number of hydrogen-bond donors (Lipinski definition) is 1. The predicted octanol–water partition coefficient (Wildman–Crippen LogP) is 0.855. The standard InChI is InChI=1S/C9H12N2O2S.ClH/c1-14(12,13)8-6-7(2-5-11-8)9(10)3-4-9;/h2,5-6H,3-4,10H2,1H3;1H. The summed E-state index contributed by atoms with van der Waals surface area (Å²) in [6, 6.07) is 3.35. The lowest BCUT2D eigenvalue weighted by atomic mass is 10.1. The summed E-state index contributed by atoms with van der Waals surface area (Å²) < 4.78 is 22.5. The van der Waals surface area contributed by atoms with Gasteiger partial charge >= 0.3 is 0 Å². The first kappa shape index (κ1) is 12.4. The molecule has 1 aromatic rings. The van der Waals surface area contributed by atoms with Crippen molar-refractivity contribution in [2.45, 2.75) is 23.4 Å². The topological polar surface area (TPSA) is 73.0 Å². The lowest BCUT2D eigenvalue weighted by Gasteiger charge is -2.09. The Kier molecular flexibility index (Phi) is 3.09. The lowest BCUT2D eigenvalue weighted by Crippen LogP contribution is -2.19. The predicted molar refractivity (Wildman–Crippen MR) is 59.7 cm³/mol. The summed E-state index contributed by atoms with van der Waals surface area (Å²) in [5, 5.41) is 0.103. The molecule has 0 saturated heterocycles. The molecule has 1 heterocycles. The van der Waals surface area contributed by atoms with E-state index in [-0.39, 0.29) is 23.0 Å². The Morgan fingerprint density at radius 3 is 2.53 bits per heavy atom. The van der Waals surface area contributed by atoms with Crippen LogP contribution in [-0.2, 0) is 15.4 Å². The number of aromatic nitrogens is 1. The van der Waals surface area contributed by atoms with E-state index >= 15 is 0 Å². The summed E-state index contributed by atoms with van der Waals surface area (Å²) in [5.41, 5.74) is 6.52. The van der Waals surface area contributed by atoms with Crippen LogP contribution in [0.3, 0.4) is 0 Å². The molecule has 0 spiro atoms. The quantitative estimate of drug-likeness (QED) is 0.842. The highest BCUT2D eigenvalue weighted by Gasteiger charge is 2.40. The van der Waals surface area contributed by atoms with Gasteiger partial charge in [-0.25, -0.2) is 13.4 Å². The fourth-order valence-corrected chi connectivity index (χ4v) is 1.94. The SMILES string of the molecule is CS(=O)(=O)c1cc(C2(N)CC2)ccn1.Cl. The Morgan fingerprint density at radius 1 is 1.47 bits per heavy atom. The minimum Gasteiger partial charge on any atom is -0.321 e. The molecule has 0 radical (unpaired) electrons. The first-order valence-electron chi connectivity index (χ1n) is 4.37. The minimum atomic E-state index is -3.22. The van der Waals surface area contributed by atoms with Crippen LogP contribution < -0.4 is 5.73 Å². The molecule has 6 heteroatoms. The number of halogens is 1. The second-order valence-corrected chi connectivity index (χ2v) is 5.77. The summed E-state index contributed by atoms with van der Waals surface area (Å²) in [4.78, 5) is 3.81. The van der Waals surface area contributed by atoms with Crippen LogP contribution in [0.25, 0.3) is 0 Å². The van der Waals surface area contributed by atoms with Gasteiger partial charge in [0.1, 0.15) is 0 Å². The molecule has 15 heavy (non-hydrogen) atoms. The van der Waals surface area contributed by atoms with Crippen LogP contribution in [0.5, 0.6) is 0 Å². The number of hydrogen-bond acceptors (Lipinski definition) is 4. The second kappa shape index (κ2) is 3.73. The number of rotatable bonds is 2. The Morgan fingerprint density at radius 2 is 2.07 bits per heavy atom. The first-order valence-corrected chi connectivity index (χ1v) is 6.26. The normalized spacial score (nSPS) is 18.0. The van der Waals surface area contributed by atoms with Crippen LogP contribution in [0.15, 0.2) is 23.4 Å². The van der Waals surface area contributed by atoms with Gasteiger partial charge in [-0.1, -0.05) is 0 Å². The molecule has 1 fully saturated rings. The van der Waals surface area contributed by atoms with Gasteiger partial charge in [-0.15, -0.1) is 12.4 Å². The number of nitrogens with zero attached hydrogens (tertiary/aromatic N) is 1. The zero-order chi connectivity index (χ0) is 10.4. The molecule has 0 unspecified atom stereocenters. The zero-order valence-electron chi connectivity index (χ0n) is 8.30. The van der Waals surface area contributed by atoms with Crippen LogP contribution in [0.2, 0.25) is 0 Å². The molecule has 0 amide bonds. The summed E-state index contributed by atoms with van der Waals surface area (Å²) in [6.07, 6.45) is 4.48. The van der Waals surface area contributed by atoms with Crippen molar-refractivity contribution in [2.24, 2.45) is 5.73 Å². The van der Waals surface area contributed by atoms with Crippen molar-refractivity contribution >= 4 is 22.2 Å². The Labute approximate surface area is 95.2 Å². The zero-order valence-corrected chi connectivity index (χ0v) is 9.94. The van der Waals surface area contributed by atoms with E-state index in [0.717, 1.165) is 24.7 Å². The molecule has 1 saturated carbocycles. The van der Waals surface area contributed by atoms with Crippen LogP contribution in [0.4, 0.5) is 0 Å². The number of nitrogens with two attached hydrogens (primary N) is 1. The van der Waals surface area contributed by atoms with Crippen LogP contribution in [0.1, 0.15) is 18.4 Å². The third-order valence-electron chi connectivity index (χ3n) is 2.48. The lowest BCUT2D eigenvalue weighted by molar-refractivity contribution is 0.597. The molecule has 1 aliphatic rings. The van der Waals surface area contributed by atoms with E-state index in [4.69, 9.17) is 5.73 Å². The van der Waals surface area contributed by atoms with Crippen LogP contribution >= 0.6 is 12.4 Å². The van der Waals surface area contributed by atoms with Gasteiger partial charge in [0.25, 0.3) is 0 Å². The highest BCUT2D eigenvalue weighted by Crippen LogP contribution is 2.42. The average molecular weight is 249 g/mol. The van der Waals surface area contributed by atoms with E-state index in [2.05, 4.69) is 4.98 Å². The maximum Gasteiger partial charge on any atom is 0.192 e. The third-order valence-corrected chi connectivity index (χ3v) is 3.46. The summed E-state index contributed by atoms with van der Waals surface area (Å²) >= 11 is 0. The molecule has 2 N–H and O–H groups in total. The van der Waals surface area contributed by atoms with Gasteiger partial charge in [0.15, 0.2) is 14.9 Å². The molecule has 84 valence electrons. The van der Waals surface area contributed by atoms with Crippen molar-refractivity contribution in [1.82, 2.24) is 4.98 Å². The monoisotopic (exact) mass is 248 g/mol. The van der Waals surface area contributed by atoms with Gasteiger partial charge in [0.2, 0.25) is 0 Å².